The molecule has 0 aliphatic rings. The fraction of sp³-hybridized carbons (Fsp3) is 0.300. The average Bonchev–Trinajstić information content (AvgIpc) is 2.97. The van der Waals surface area contributed by atoms with Crippen molar-refractivity contribution in [3.8, 4) is 0 Å². The molecule has 19 heavy (non-hydrogen) atoms. The van der Waals surface area contributed by atoms with Crippen LogP contribution in [0, 0.1) is 0 Å². The summed E-state index contributed by atoms with van der Waals surface area (Å²) < 4.78 is 2.78. The fourth-order valence-electron chi connectivity index (χ4n) is 1.63. The van der Waals surface area contributed by atoms with Gasteiger partial charge in [-0.15, -0.1) is 5.10 Å². The Hall–Kier alpha value is -2.13. The third-order valence-electron chi connectivity index (χ3n) is 2.55. The van der Waals surface area contributed by atoms with E-state index < -0.39 is 6.10 Å². The van der Waals surface area contributed by atoms with Crippen molar-refractivity contribution in [2.24, 2.45) is 0 Å². The van der Waals surface area contributed by atoms with Gasteiger partial charge in [0.25, 0.3) is 5.56 Å². The predicted octanol–water partition coefficient (Wildman–Crippen LogP) is -0.156. The molecule has 1 unspecified atom stereocenters. The fourth-order valence-corrected chi connectivity index (χ4v) is 2.27. The summed E-state index contributed by atoms with van der Waals surface area (Å²) in [6.07, 6.45) is 0.956. The van der Waals surface area contributed by atoms with Crippen LogP contribution in [-0.2, 0) is 6.54 Å². The van der Waals surface area contributed by atoms with E-state index in [-0.39, 0.29) is 5.56 Å². The number of hydrogen-bond acceptors (Lipinski definition) is 7. The van der Waals surface area contributed by atoms with Gasteiger partial charge in [-0.2, -0.15) is 9.61 Å². The van der Waals surface area contributed by atoms with Gasteiger partial charge < -0.3 is 5.11 Å². The van der Waals surface area contributed by atoms with Gasteiger partial charge in [-0.05, 0) is 6.92 Å². The van der Waals surface area contributed by atoms with Crippen molar-refractivity contribution in [3.05, 3.63) is 39.5 Å². The summed E-state index contributed by atoms with van der Waals surface area (Å²) in [5.74, 6) is 0. The van der Waals surface area contributed by atoms with Gasteiger partial charge in [-0.3, -0.25) is 4.79 Å². The van der Waals surface area contributed by atoms with E-state index >= 15 is 0 Å². The van der Waals surface area contributed by atoms with Gasteiger partial charge in [-0.1, -0.05) is 16.6 Å². The van der Waals surface area contributed by atoms with E-state index in [0.29, 0.717) is 22.9 Å². The first-order chi connectivity index (χ1) is 9.13. The zero-order chi connectivity index (χ0) is 13.4. The molecule has 98 valence electrons. The molecule has 8 nitrogen and oxygen atoms in total. The van der Waals surface area contributed by atoms with Gasteiger partial charge in [-0.25, -0.2) is 9.67 Å². The zero-order valence-electron chi connectivity index (χ0n) is 9.96. The number of hydrogen-bond donors (Lipinski definition) is 1. The van der Waals surface area contributed by atoms with Crippen LogP contribution < -0.4 is 5.56 Å². The summed E-state index contributed by atoms with van der Waals surface area (Å²) in [5.41, 5.74) is 2.40. The van der Waals surface area contributed by atoms with E-state index in [1.54, 1.807) is 18.6 Å². The Bertz CT molecular complexity index is 774. The van der Waals surface area contributed by atoms with Crippen LogP contribution in [0.4, 0.5) is 0 Å². The molecule has 0 saturated carbocycles. The van der Waals surface area contributed by atoms with Crippen LogP contribution >= 0.6 is 11.3 Å². The lowest BCUT2D eigenvalue weighted by molar-refractivity contribution is 0.194. The number of rotatable bonds is 3. The SMILES string of the molecule is CC(O)c1cn(Cc2cc(=O)n3ncsc3n2)nn1. The van der Waals surface area contributed by atoms with E-state index in [0.717, 1.165) is 0 Å². The van der Waals surface area contributed by atoms with Crippen molar-refractivity contribution in [1.82, 2.24) is 29.6 Å². The lowest BCUT2D eigenvalue weighted by atomic mass is 10.3. The van der Waals surface area contributed by atoms with Crippen molar-refractivity contribution >= 4 is 16.3 Å². The molecule has 0 aliphatic heterocycles. The average molecular weight is 278 g/mol. The zero-order valence-corrected chi connectivity index (χ0v) is 10.8. The number of aliphatic hydroxyl groups is 1. The summed E-state index contributed by atoms with van der Waals surface area (Å²) in [6, 6.07) is 1.41. The highest BCUT2D eigenvalue weighted by Gasteiger charge is 2.09. The third kappa shape index (κ3) is 2.25. The monoisotopic (exact) mass is 278 g/mol. The molecule has 0 aromatic carbocycles. The van der Waals surface area contributed by atoms with Crippen LogP contribution in [0.5, 0.6) is 0 Å². The predicted molar refractivity (Wildman–Crippen MR) is 66.9 cm³/mol. The molecule has 0 radical (unpaired) electrons. The van der Waals surface area contributed by atoms with Gasteiger partial charge in [0, 0.05) is 6.07 Å². The largest absolute Gasteiger partial charge is 0.387 e. The molecule has 3 aromatic rings. The van der Waals surface area contributed by atoms with Crippen molar-refractivity contribution in [3.63, 3.8) is 0 Å². The number of aromatic nitrogens is 6. The van der Waals surface area contributed by atoms with Crippen LogP contribution in [0.15, 0.2) is 22.6 Å². The Kier molecular flexibility index (Phi) is 2.84. The molecule has 0 bridgehead atoms. The smallest absolute Gasteiger partial charge is 0.275 e. The third-order valence-corrected chi connectivity index (χ3v) is 3.22. The summed E-state index contributed by atoms with van der Waals surface area (Å²) >= 11 is 1.29. The topological polar surface area (TPSA) is 98.2 Å². The van der Waals surface area contributed by atoms with Crippen LogP contribution in [0.3, 0.4) is 0 Å². The minimum atomic E-state index is -0.670. The summed E-state index contributed by atoms with van der Waals surface area (Å²) in [5, 5.41) is 21.0. The molecular formula is C10H10N6O2S. The molecule has 1 atom stereocenters. The lowest BCUT2D eigenvalue weighted by Crippen LogP contribution is -2.16. The molecule has 0 amide bonds. The summed E-state index contributed by atoms with van der Waals surface area (Å²) in [6.45, 7) is 1.94. The maximum atomic E-state index is 11.7. The Balaban J connectivity index is 1.93. The van der Waals surface area contributed by atoms with E-state index in [4.69, 9.17) is 0 Å². The van der Waals surface area contributed by atoms with Crippen LogP contribution in [0.2, 0.25) is 0 Å². The second-order valence-electron chi connectivity index (χ2n) is 4.04. The molecular weight excluding hydrogens is 268 g/mol. The number of nitrogens with zero attached hydrogens (tertiary/aromatic N) is 6. The van der Waals surface area contributed by atoms with Gasteiger partial charge >= 0.3 is 0 Å². The molecule has 3 aromatic heterocycles. The minimum Gasteiger partial charge on any atom is -0.387 e. The first kappa shape index (κ1) is 11.9. The quantitative estimate of drug-likeness (QED) is 0.715. The summed E-state index contributed by atoms with van der Waals surface area (Å²) in [4.78, 5) is 16.6. The van der Waals surface area contributed by atoms with Crippen molar-refractivity contribution in [1.29, 1.82) is 0 Å². The normalized spacial score (nSPS) is 12.9. The van der Waals surface area contributed by atoms with Gasteiger partial charge in [0.05, 0.1) is 24.5 Å². The van der Waals surface area contributed by atoms with Crippen molar-refractivity contribution in [2.75, 3.05) is 0 Å². The number of aliphatic hydroxyl groups excluding tert-OH is 1. The van der Waals surface area contributed by atoms with Crippen LogP contribution in [0.25, 0.3) is 4.96 Å². The number of fused-ring (bicyclic) bond motifs is 1. The standard InChI is InChI=1S/C10H10N6O2S/c1-6(17)8-4-15(14-13-8)3-7-2-9(18)16-10(12-7)19-5-11-16/h2,4-6,17H,3H2,1H3. The van der Waals surface area contributed by atoms with Gasteiger partial charge in [0.1, 0.15) is 11.2 Å². The highest BCUT2D eigenvalue weighted by Crippen LogP contribution is 2.08. The molecule has 3 heterocycles. The Morgan fingerprint density at radius 2 is 2.37 bits per heavy atom. The maximum absolute atomic E-state index is 11.7. The Morgan fingerprint density at radius 1 is 1.53 bits per heavy atom. The van der Waals surface area contributed by atoms with Crippen LogP contribution in [0.1, 0.15) is 24.4 Å². The molecule has 0 saturated heterocycles. The first-order valence-corrected chi connectivity index (χ1v) is 6.42. The molecule has 9 heteroatoms. The van der Waals surface area contributed by atoms with E-state index in [2.05, 4.69) is 20.4 Å². The van der Waals surface area contributed by atoms with Crippen LogP contribution in [-0.4, -0.2) is 34.7 Å². The molecule has 0 spiro atoms. The molecule has 3 rings (SSSR count). The van der Waals surface area contributed by atoms with Crippen molar-refractivity contribution in [2.45, 2.75) is 19.6 Å². The molecule has 1 N–H and O–H groups in total. The lowest BCUT2D eigenvalue weighted by Gasteiger charge is -2.00. The Morgan fingerprint density at radius 3 is 3.11 bits per heavy atom. The maximum Gasteiger partial charge on any atom is 0.275 e. The molecule has 0 fully saturated rings. The van der Waals surface area contributed by atoms with E-state index in [1.165, 1.54) is 26.6 Å². The highest BCUT2D eigenvalue weighted by molar-refractivity contribution is 7.14. The summed E-state index contributed by atoms with van der Waals surface area (Å²) in [7, 11) is 0. The second-order valence-corrected chi connectivity index (χ2v) is 4.85. The highest BCUT2D eigenvalue weighted by atomic mass is 32.1. The molecule has 0 aliphatic carbocycles. The first-order valence-electron chi connectivity index (χ1n) is 5.54. The van der Waals surface area contributed by atoms with Gasteiger partial charge in [0.15, 0.2) is 0 Å². The minimum absolute atomic E-state index is 0.225. The van der Waals surface area contributed by atoms with Gasteiger partial charge in [0.2, 0.25) is 4.96 Å². The van der Waals surface area contributed by atoms with E-state index in [9.17, 15) is 9.90 Å². The van der Waals surface area contributed by atoms with E-state index in [1.807, 2.05) is 0 Å². The second kappa shape index (κ2) is 4.52. The van der Waals surface area contributed by atoms with Crippen molar-refractivity contribution < 1.29 is 5.11 Å². The Labute approximate surface area is 111 Å².